The van der Waals surface area contributed by atoms with Gasteiger partial charge in [0.15, 0.2) is 11.5 Å². The van der Waals surface area contributed by atoms with Crippen LogP contribution in [0.2, 0.25) is 10.0 Å². The summed E-state index contributed by atoms with van der Waals surface area (Å²) in [6.45, 7) is -0.199. The van der Waals surface area contributed by atoms with Crippen LogP contribution in [0.4, 0.5) is 20.2 Å². The highest BCUT2D eigenvalue weighted by atomic mass is 35.5. The second-order valence-corrected chi connectivity index (χ2v) is 12.5. The molecule has 4 aromatic rings. The number of phenols is 1. The van der Waals surface area contributed by atoms with E-state index < -0.39 is 18.6 Å². The maximum Gasteiger partial charge on any atom is 0.387 e. The molecule has 0 spiro atoms. The van der Waals surface area contributed by atoms with Crippen molar-refractivity contribution in [2.45, 2.75) is 44.9 Å². The van der Waals surface area contributed by atoms with Crippen LogP contribution in [0.15, 0.2) is 73.1 Å². The van der Waals surface area contributed by atoms with Gasteiger partial charge in [0.1, 0.15) is 11.5 Å². The van der Waals surface area contributed by atoms with E-state index in [9.17, 15) is 28.6 Å². The average molecular weight is 748 g/mol. The number of hydrogen-bond donors (Lipinski definition) is 5. The van der Waals surface area contributed by atoms with E-state index in [1.54, 1.807) is 19.2 Å². The van der Waals surface area contributed by atoms with E-state index in [0.717, 1.165) is 25.0 Å². The molecule has 1 saturated carbocycles. The molecule has 2 amide bonds. The number of alkyl halides is 2. The van der Waals surface area contributed by atoms with Crippen LogP contribution in [-0.2, 0) is 11.2 Å². The number of aliphatic hydroxyl groups excluding tert-OH is 1. The number of nitrogens with one attached hydrogen (secondary N) is 3. The van der Waals surface area contributed by atoms with Gasteiger partial charge in [0.2, 0.25) is 6.41 Å². The van der Waals surface area contributed by atoms with Crippen molar-refractivity contribution < 1.29 is 42.8 Å². The van der Waals surface area contributed by atoms with Gasteiger partial charge in [0.05, 0.1) is 41.2 Å². The molecule has 11 nitrogen and oxygen atoms in total. The number of pyridine rings is 1. The number of aromatic nitrogens is 1. The molecule has 5 N–H and O–H groups in total. The third-order valence-corrected chi connectivity index (χ3v) is 8.24. The number of anilines is 2. The van der Waals surface area contributed by atoms with Crippen LogP contribution >= 0.6 is 23.2 Å². The summed E-state index contributed by atoms with van der Waals surface area (Å²) < 4.78 is 40.3. The van der Waals surface area contributed by atoms with Gasteiger partial charge in [-0.2, -0.15) is 8.78 Å². The molecule has 0 unspecified atom stereocenters. The second-order valence-electron chi connectivity index (χ2n) is 11.6. The summed E-state index contributed by atoms with van der Waals surface area (Å²) in [6, 6.07) is 16.7. The number of halogens is 4. The largest absolute Gasteiger partial charge is 0.506 e. The van der Waals surface area contributed by atoms with Crippen LogP contribution in [0.25, 0.3) is 0 Å². The van der Waals surface area contributed by atoms with Gasteiger partial charge in [0, 0.05) is 30.5 Å². The molecule has 51 heavy (non-hydrogen) atoms. The summed E-state index contributed by atoms with van der Waals surface area (Å²) in [6.07, 6.45) is 5.31. The molecule has 0 aliphatic heterocycles. The molecule has 0 saturated heterocycles. The van der Waals surface area contributed by atoms with Crippen LogP contribution in [0.5, 0.6) is 23.0 Å². The van der Waals surface area contributed by atoms with E-state index in [-0.39, 0.29) is 50.3 Å². The van der Waals surface area contributed by atoms with Crippen molar-refractivity contribution in [3.8, 4) is 23.0 Å². The molecule has 3 aromatic carbocycles. The summed E-state index contributed by atoms with van der Waals surface area (Å²) in [5.74, 6) is 0.617. The van der Waals surface area contributed by atoms with Gasteiger partial charge in [-0.1, -0.05) is 41.4 Å². The highest BCUT2D eigenvalue weighted by Crippen LogP contribution is 2.35. The molecular formula is C36H38Cl2F2N4O7. The number of benzene rings is 3. The Hall–Kier alpha value is -4.69. The van der Waals surface area contributed by atoms with Crippen LogP contribution in [0.1, 0.15) is 47.4 Å². The first-order chi connectivity index (χ1) is 24.5. The molecule has 5 rings (SSSR count). The van der Waals surface area contributed by atoms with E-state index >= 15 is 0 Å². The third-order valence-electron chi connectivity index (χ3n) is 7.67. The number of aromatic hydroxyl groups is 1. The van der Waals surface area contributed by atoms with Crippen molar-refractivity contribution >= 4 is 46.9 Å². The van der Waals surface area contributed by atoms with Crippen molar-refractivity contribution in [1.29, 1.82) is 0 Å². The number of ether oxygens (including phenoxy) is 3. The van der Waals surface area contributed by atoms with Crippen LogP contribution in [0.3, 0.4) is 0 Å². The lowest BCUT2D eigenvalue weighted by molar-refractivity contribution is -0.105. The van der Waals surface area contributed by atoms with Crippen LogP contribution in [0, 0.1) is 5.92 Å². The van der Waals surface area contributed by atoms with Crippen LogP contribution in [-0.4, -0.2) is 60.4 Å². The third kappa shape index (κ3) is 12.2. The number of carbonyl (C=O) groups is 2. The highest BCUT2D eigenvalue weighted by Gasteiger charge is 2.24. The molecule has 1 fully saturated rings. The summed E-state index contributed by atoms with van der Waals surface area (Å²) in [4.78, 5) is 26.8. The van der Waals surface area contributed by atoms with Crippen molar-refractivity contribution in [2.24, 2.45) is 5.92 Å². The monoisotopic (exact) mass is 746 g/mol. The summed E-state index contributed by atoms with van der Waals surface area (Å²) in [7, 11) is 1.64. The van der Waals surface area contributed by atoms with Gasteiger partial charge in [0.25, 0.3) is 5.91 Å². The summed E-state index contributed by atoms with van der Waals surface area (Å²) in [5, 5.41) is 28.6. The number of hydrogen-bond acceptors (Lipinski definition) is 9. The predicted octanol–water partition coefficient (Wildman–Crippen LogP) is 7.25. The molecule has 1 aliphatic rings. The first kappa shape index (κ1) is 39.1. The molecule has 15 heteroatoms. The zero-order valence-corrected chi connectivity index (χ0v) is 29.3. The zero-order chi connectivity index (χ0) is 36.9. The van der Waals surface area contributed by atoms with E-state index in [1.807, 2.05) is 31.2 Å². The van der Waals surface area contributed by atoms with Gasteiger partial charge in [-0.15, -0.1) is 0 Å². The maximum absolute atomic E-state index is 12.6. The Morgan fingerprint density at radius 2 is 1.75 bits per heavy atom. The SMILES string of the molecule is COc1ccc(C[C@@H](C)NC[C@H](O)c2ccc(O)c(NC=O)c2)cc1.O=C(Nc1c(Cl)cncc1Cl)c1ccc(OC(F)F)c(OCC2CC2)c1. The van der Waals surface area contributed by atoms with Gasteiger partial charge >= 0.3 is 6.61 Å². The molecular weight excluding hydrogens is 709 g/mol. The van der Waals surface area contributed by atoms with E-state index in [2.05, 4.69) is 25.7 Å². The lowest BCUT2D eigenvalue weighted by Crippen LogP contribution is -2.32. The number of phenolic OH excluding ortho intramolecular Hbond substituents is 1. The summed E-state index contributed by atoms with van der Waals surface area (Å²) in [5.41, 5.74) is 2.46. The number of methoxy groups -OCH3 is 1. The lowest BCUT2D eigenvalue weighted by atomic mass is 10.1. The zero-order valence-electron chi connectivity index (χ0n) is 27.7. The quantitative estimate of drug-likeness (QED) is 0.0590. The number of rotatable bonds is 16. The fraction of sp³-hybridized carbons (Fsp3) is 0.306. The summed E-state index contributed by atoms with van der Waals surface area (Å²) >= 11 is 12.0. The average Bonchev–Trinajstić information content (AvgIpc) is 3.94. The van der Waals surface area contributed by atoms with Crippen molar-refractivity contribution in [3.05, 3.63) is 99.8 Å². The van der Waals surface area contributed by atoms with Gasteiger partial charge < -0.3 is 40.4 Å². The Labute approximate surface area is 303 Å². The number of amides is 2. The maximum atomic E-state index is 12.6. The smallest absolute Gasteiger partial charge is 0.387 e. The highest BCUT2D eigenvalue weighted by molar-refractivity contribution is 6.39. The second kappa shape index (κ2) is 19.1. The topological polar surface area (TPSA) is 151 Å². The number of aliphatic hydroxyl groups is 1. The van der Waals surface area contributed by atoms with E-state index in [4.69, 9.17) is 32.7 Å². The normalized spacial score (nSPS) is 13.3. The molecule has 2 atom stereocenters. The van der Waals surface area contributed by atoms with Crippen molar-refractivity contribution in [1.82, 2.24) is 10.3 Å². The fourth-order valence-electron chi connectivity index (χ4n) is 4.72. The van der Waals surface area contributed by atoms with Crippen molar-refractivity contribution in [2.75, 3.05) is 30.9 Å². The first-order valence-corrected chi connectivity index (χ1v) is 16.6. The standard InChI is InChI=1S/C19H24N2O4.C17H14Cl2F2N2O3/c1-13(9-14-3-6-16(25-2)7-4-14)20-11-19(24)15-5-8-18(23)17(10-15)21-12-22;18-11-6-22-7-12(19)15(11)23-16(24)10-3-4-13(26-17(20)21)14(5-10)25-8-9-1-2-9/h3-8,10,12-13,19-20,23-24H,9,11H2,1-2H3,(H,21,22);3-7,9,17H,1-2,8H2,(H,22,23,24)/t13-,19+;/m1./s1. The lowest BCUT2D eigenvalue weighted by Gasteiger charge is -2.18. The first-order valence-electron chi connectivity index (χ1n) is 15.9. The molecule has 1 aliphatic carbocycles. The van der Waals surface area contributed by atoms with Crippen molar-refractivity contribution in [3.63, 3.8) is 0 Å². The Morgan fingerprint density at radius 3 is 2.37 bits per heavy atom. The molecule has 272 valence electrons. The number of carbonyl (C=O) groups excluding carboxylic acids is 2. The van der Waals surface area contributed by atoms with E-state index in [1.165, 1.54) is 42.2 Å². The fourth-order valence-corrected chi connectivity index (χ4v) is 5.18. The molecule has 1 aromatic heterocycles. The minimum atomic E-state index is -2.99. The minimum Gasteiger partial charge on any atom is -0.506 e. The number of nitrogens with zero attached hydrogens (tertiary/aromatic N) is 1. The van der Waals surface area contributed by atoms with Gasteiger partial charge in [-0.05, 0) is 85.7 Å². The Kier molecular flexibility index (Phi) is 14.6. The minimum absolute atomic E-state index is 0.0381. The molecule has 1 heterocycles. The van der Waals surface area contributed by atoms with E-state index in [0.29, 0.717) is 31.0 Å². The van der Waals surface area contributed by atoms with Gasteiger partial charge in [-0.3, -0.25) is 14.6 Å². The Bertz CT molecular complexity index is 1740. The molecule has 0 radical (unpaired) electrons. The Morgan fingerprint density at radius 1 is 1.04 bits per heavy atom. The molecule has 0 bridgehead atoms. The van der Waals surface area contributed by atoms with Crippen LogP contribution < -0.4 is 30.2 Å². The predicted molar refractivity (Wildman–Crippen MR) is 190 cm³/mol. The Balaban J connectivity index is 0.000000229. The van der Waals surface area contributed by atoms with Gasteiger partial charge in [-0.25, -0.2) is 0 Å².